The van der Waals surface area contributed by atoms with Crippen LogP contribution >= 0.6 is 0 Å². The van der Waals surface area contributed by atoms with Crippen LogP contribution in [0.1, 0.15) is 46.2 Å². The van der Waals surface area contributed by atoms with Crippen molar-refractivity contribution in [1.29, 1.82) is 0 Å². The van der Waals surface area contributed by atoms with Gasteiger partial charge in [-0.05, 0) is 48.6 Å². The highest BCUT2D eigenvalue weighted by atomic mass is 16.6. The van der Waals surface area contributed by atoms with Crippen molar-refractivity contribution >= 4 is 23.9 Å². The van der Waals surface area contributed by atoms with E-state index in [1.54, 1.807) is 31.4 Å². The van der Waals surface area contributed by atoms with E-state index in [2.05, 4.69) is 5.32 Å². The van der Waals surface area contributed by atoms with Gasteiger partial charge in [-0.2, -0.15) is 0 Å². The molecule has 0 aliphatic carbocycles. The Morgan fingerprint density at radius 1 is 0.946 bits per heavy atom. The Kier molecular flexibility index (Phi) is 11.0. The van der Waals surface area contributed by atoms with Gasteiger partial charge >= 0.3 is 12.1 Å². The van der Waals surface area contributed by atoms with Gasteiger partial charge in [-0.3, -0.25) is 19.3 Å². The zero-order valence-corrected chi connectivity index (χ0v) is 22.7. The second-order valence-electron chi connectivity index (χ2n) is 9.64. The molecule has 1 aromatic rings. The molecule has 10 nitrogen and oxygen atoms in total. The van der Waals surface area contributed by atoms with Crippen LogP contribution in [-0.4, -0.2) is 79.7 Å². The molecule has 0 saturated heterocycles. The van der Waals surface area contributed by atoms with Gasteiger partial charge in [0.05, 0.1) is 13.2 Å². The number of ether oxygens (including phenoxy) is 3. The van der Waals surface area contributed by atoms with E-state index in [9.17, 15) is 19.2 Å². The molecule has 1 heterocycles. The molecule has 1 N–H and O–H groups in total. The Bertz CT molecular complexity index is 992. The average molecular weight is 518 g/mol. The summed E-state index contributed by atoms with van der Waals surface area (Å²) >= 11 is 0. The SMILES string of the molecule is COc1cccc([C@H](C)N2C(=O)[C@H](C(C)C)N(C)C(=O)OC/C=C\COC(=O)CNC(=O)[C@@H]2C(C)C)c1. The maximum atomic E-state index is 14.3. The Labute approximate surface area is 218 Å². The minimum Gasteiger partial charge on any atom is -0.497 e. The van der Waals surface area contributed by atoms with Crippen LogP contribution in [0.4, 0.5) is 4.79 Å². The fourth-order valence-corrected chi connectivity index (χ4v) is 4.36. The highest BCUT2D eigenvalue weighted by Crippen LogP contribution is 2.31. The van der Waals surface area contributed by atoms with Crippen LogP contribution in [0.2, 0.25) is 0 Å². The van der Waals surface area contributed by atoms with E-state index < -0.39 is 42.0 Å². The molecule has 1 aliphatic heterocycles. The molecule has 0 unspecified atom stereocenters. The molecule has 3 amide bonds. The minimum absolute atomic E-state index is 0.0260. The molecule has 1 aliphatic rings. The molecule has 0 aromatic heterocycles. The van der Waals surface area contributed by atoms with Crippen molar-refractivity contribution in [2.75, 3.05) is 33.9 Å². The molecule has 2 rings (SSSR count). The van der Waals surface area contributed by atoms with E-state index in [-0.39, 0.29) is 31.6 Å². The Balaban J connectivity index is 2.63. The molecule has 0 bridgehead atoms. The van der Waals surface area contributed by atoms with Crippen LogP contribution in [0.3, 0.4) is 0 Å². The summed E-state index contributed by atoms with van der Waals surface area (Å²) in [6, 6.07) is 4.83. The van der Waals surface area contributed by atoms with Crippen molar-refractivity contribution in [3.8, 4) is 5.75 Å². The summed E-state index contributed by atoms with van der Waals surface area (Å²) in [6.07, 6.45) is 2.40. The molecule has 1 aromatic carbocycles. The predicted octanol–water partition coefficient (Wildman–Crippen LogP) is 2.93. The highest BCUT2D eigenvalue weighted by molar-refractivity contribution is 5.93. The van der Waals surface area contributed by atoms with Crippen LogP contribution in [0, 0.1) is 11.8 Å². The van der Waals surface area contributed by atoms with Gasteiger partial charge in [-0.25, -0.2) is 4.79 Å². The first-order valence-electron chi connectivity index (χ1n) is 12.4. The van der Waals surface area contributed by atoms with Crippen molar-refractivity contribution in [3.63, 3.8) is 0 Å². The molecule has 10 heteroatoms. The topological polar surface area (TPSA) is 114 Å². The number of carbonyl (C=O) groups is 4. The van der Waals surface area contributed by atoms with Gasteiger partial charge in [0, 0.05) is 7.05 Å². The van der Waals surface area contributed by atoms with Gasteiger partial charge in [-0.1, -0.05) is 39.8 Å². The van der Waals surface area contributed by atoms with Crippen LogP contribution in [0.5, 0.6) is 5.75 Å². The number of benzene rings is 1. The quantitative estimate of drug-likeness (QED) is 0.472. The molecule has 0 saturated carbocycles. The van der Waals surface area contributed by atoms with Gasteiger partial charge in [0.15, 0.2) is 0 Å². The lowest BCUT2D eigenvalue weighted by Crippen LogP contribution is -2.59. The van der Waals surface area contributed by atoms with Gasteiger partial charge in [-0.15, -0.1) is 0 Å². The van der Waals surface area contributed by atoms with E-state index in [1.165, 1.54) is 16.8 Å². The number of rotatable bonds is 5. The number of methoxy groups -OCH3 is 1. The summed E-state index contributed by atoms with van der Waals surface area (Å²) < 4.78 is 15.8. The van der Waals surface area contributed by atoms with E-state index in [0.717, 1.165) is 5.56 Å². The molecule has 0 fully saturated rings. The van der Waals surface area contributed by atoms with Gasteiger partial charge in [0.1, 0.15) is 37.6 Å². The largest absolute Gasteiger partial charge is 0.497 e. The monoisotopic (exact) mass is 517 g/mol. The number of nitrogens with one attached hydrogen (secondary N) is 1. The fraction of sp³-hybridized carbons (Fsp3) is 0.556. The number of hydrogen-bond donors (Lipinski definition) is 1. The predicted molar refractivity (Wildman–Crippen MR) is 138 cm³/mol. The first kappa shape index (κ1) is 29.7. The van der Waals surface area contributed by atoms with Crippen molar-refractivity contribution in [1.82, 2.24) is 15.1 Å². The lowest BCUT2D eigenvalue weighted by Gasteiger charge is -2.42. The summed E-state index contributed by atoms with van der Waals surface area (Å²) in [7, 11) is 3.06. The maximum absolute atomic E-state index is 14.3. The molecule has 0 spiro atoms. The van der Waals surface area contributed by atoms with E-state index in [1.807, 2.05) is 46.8 Å². The van der Waals surface area contributed by atoms with Crippen molar-refractivity contribution in [3.05, 3.63) is 42.0 Å². The lowest BCUT2D eigenvalue weighted by molar-refractivity contribution is -0.150. The summed E-state index contributed by atoms with van der Waals surface area (Å²) in [5, 5.41) is 2.63. The van der Waals surface area contributed by atoms with Crippen LogP contribution in [0.15, 0.2) is 36.4 Å². The summed E-state index contributed by atoms with van der Waals surface area (Å²) in [4.78, 5) is 55.5. The molecular formula is C27H39N3O7. The fourth-order valence-electron chi connectivity index (χ4n) is 4.36. The van der Waals surface area contributed by atoms with Crippen molar-refractivity contribution in [2.24, 2.45) is 11.8 Å². The van der Waals surface area contributed by atoms with Crippen molar-refractivity contribution in [2.45, 2.75) is 52.7 Å². The zero-order valence-electron chi connectivity index (χ0n) is 22.7. The van der Waals surface area contributed by atoms with E-state index in [4.69, 9.17) is 14.2 Å². The van der Waals surface area contributed by atoms with E-state index >= 15 is 0 Å². The third-order valence-electron chi connectivity index (χ3n) is 6.25. The number of likely N-dealkylation sites (N-methyl/N-ethyl adjacent to an activating group) is 1. The minimum atomic E-state index is -0.944. The van der Waals surface area contributed by atoms with Crippen molar-refractivity contribution < 1.29 is 33.4 Å². The second kappa shape index (κ2) is 13.7. The number of nitrogens with zero attached hydrogens (tertiary/aromatic N) is 2. The number of amides is 3. The third kappa shape index (κ3) is 7.71. The molecule has 0 radical (unpaired) electrons. The first-order valence-corrected chi connectivity index (χ1v) is 12.4. The Morgan fingerprint density at radius 2 is 1.57 bits per heavy atom. The van der Waals surface area contributed by atoms with Gasteiger partial charge < -0.3 is 24.4 Å². The number of esters is 1. The third-order valence-corrected chi connectivity index (χ3v) is 6.25. The summed E-state index contributed by atoms with van der Waals surface area (Å²) in [5.74, 6) is -1.53. The van der Waals surface area contributed by atoms with Crippen LogP contribution in [0.25, 0.3) is 0 Å². The highest BCUT2D eigenvalue weighted by Gasteiger charge is 2.42. The number of cyclic esters (lactones) is 2. The second-order valence-corrected chi connectivity index (χ2v) is 9.64. The summed E-state index contributed by atoms with van der Waals surface area (Å²) in [6.45, 7) is 8.73. The number of carbonyl (C=O) groups excluding carboxylic acids is 4. The molecule has 3 atom stereocenters. The average Bonchev–Trinajstić information content (AvgIpc) is 2.86. The molecular weight excluding hydrogens is 478 g/mol. The molecule has 37 heavy (non-hydrogen) atoms. The normalized spacial score (nSPS) is 22.4. The van der Waals surface area contributed by atoms with Gasteiger partial charge in [0.25, 0.3) is 0 Å². The van der Waals surface area contributed by atoms with Crippen LogP contribution in [-0.2, 0) is 23.9 Å². The molecule has 204 valence electrons. The smallest absolute Gasteiger partial charge is 0.410 e. The van der Waals surface area contributed by atoms with E-state index in [0.29, 0.717) is 5.75 Å². The zero-order chi connectivity index (χ0) is 27.7. The van der Waals surface area contributed by atoms with Gasteiger partial charge in [0.2, 0.25) is 11.8 Å². The Hall–Kier alpha value is -3.56. The maximum Gasteiger partial charge on any atom is 0.410 e. The summed E-state index contributed by atoms with van der Waals surface area (Å²) in [5.41, 5.74) is 0.748. The number of hydrogen-bond acceptors (Lipinski definition) is 7. The lowest BCUT2D eigenvalue weighted by atomic mass is 9.93. The first-order chi connectivity index (χ1) is 17.5. The standard InChI is InChI=1S/C27H39N3O7/c1-17(2)23-25(32)28-16-22(31)36-13-8-9-14-37-27(34)29(6)24(18(3)4)26(33)30(23)19(5)20-11-10-12-21(15-20)35-7/h8-12,15,17-19,23-24H,13-14,16H2,1-7H3,(H,28,32)/b9-8-/t19-,23-,24-/m0/s1. The van der Waals surface area contributed by atoms with Crippen LogP contribution < -0.4 is 10.1 Å². The Morgan fingerprint density at radius 3 is 2.16 bits per heavy atom.